The molecule has 0 aromatic carbocycles. The quantitative estimate of drug-likeness (QED) is 0.904. The molecular formula is C15H23N3O. The first-order chi connectivity index (χ1) is 9.31. The highest BCUT2D eigenvalue weighted by atomic mass is 16.5. The molecule has 0 radical (unpaired) electrons. The molecule has 104 valence electrons. The second-order valence-electron chi connectivity index (χ2n) is 6.70. The molecule has 1 aromatic heterocycles. The fourth-order valence-corrected chi connectivity index (χ4v) is 5.11. The van der Waals surface area contributed by atoms with Gasteiger partial charge in [-0.1, -0.05) is 11.6 Å². The van der Waals surface area contributed by atoms with Crippen LogP contribution in [0.3, 0.4) is 0 Å². The predicted octanol–water partition coefficient (Wildman–Crippen LogP) is 2.33. The fourth-order valence-electron chi connectivity index (χ4n) is 5.11. The Kier molecular flexibility index (Phi) is 2.87. The van der Waals surface area contributed by atoms with E-state index in [-0.39, 0.29) is 0 Å². The van der Waals surface area contributed by atoms with Gasteiger partial charge in [0.1, 0.15) is 0 Å². The maximum atomic E-state index is 5.16. The Balaban J connectivity index is 1.30. The topological polar surface area (TPSA) is 51.0 Å². The van der Waals surface area contributed by atoms with Gasteiger partial charge in [0, 0.05) is 19.0 Å². The number of fused-ring (bicyclic) bond motifs is 5. The first kappa shape index (κ1) is 11.9. The van der Waals surface area contributed by atoms with Crippen molar-refractivity contribution >= 4 is 0 Å². The van der Waals surface area contributed by atoms with Crippen LogP contribution in [0.15, 0.2) is 4.52 Å². The van der Waals surface area contributed by atoms with Gasteiger partial charge >= 0.3 is 0 Å². The number of aromatic nitrogens is 2. The zero-order valence-corrected chi connectivity index (χ0v) is 11.6. The Morgan fingerprint density at radius 2 is 2.11 bits per heavy atom. The van der Waals surface area contributed by atoms with Gasteiger partial charge in [0.25, 0.3) is 0 Å². The average Bonchev–Trinajstić information content (AvgIpc) is 3.09. The summed E-state index contributed by atoms with van der Waals surface area (Å²) in [6.07, 6.45) is 8.26. The lowest BCUT2D eigenvalue weighted by Gasteiger charge is -2.32. The van der Waals surface area contributed by atoms with E-state index in [1.54, 1.807) is 0 Å². The van der Waals surface area contributed by atoms with Crippen LogP contribution in [-0.4, -0.2) is 22.7 Å². The van der Waals surface area contributed by atoms with Gasteiger partial charge in [0.15, 0.2) is 5.82 Å². The minimum atomic E-state index is 0.740. The van der Waals surface area contributed by atoms with E-state index < -0.39 is 0 Å². The lowest BCUT2D eigenvalue weighted by atomic mass is 9.79. The molecule has 2 bridgehead atoms. The molecule has 5 atom stereocenters. The number of hydrogen-bond acceptors (Lipinski definition) is 4. The molecule has 1 N–H and O–H groups in total. The van der Waals surface area contributed by atoms with Gasteiger partial charge in [-0.25, -0.2) is 0 Å². The van der Waals surface area contributed by atoms with Crippen LogP contribution in [0.25, 0.3) is 0 Å². The summed E-state index contributed by atoms with van der Waals surface area (Å²) in [5.41, 5.74) is 0. The van der Waals surface area contributed by atoms with Crippen LogP contribution in [0.4, 0.5) is 0 Å². The summed E-state index contributed by atoms with van der Waals surface area (Å²) < 4.78 is 5.16. The Labute approximate surface area is 114 Å². The largest absolute Gasteiger partial charge is 0.339 e. The Morgan fingerprint density at radius 1 is 1.21 bits per heavy atom. The summed E-state index contributed by atoms with van der Waals surface area (Å²) in [5, 5.41) is 7.59. The van der Waals surface area contributed by atoms with Gasteiger partial charge < -0.3 is 9.84 Å². The summed E-state index contributed by atoms with van der Waals surface area (Å²) in [7, 11) is 0. The summed E-state index contributed by atoms with van der Waals surface area (Å²) in [6.45, 7) is 2.85. The van der Waals surface area contributed by atoms with Crippen molar-refractivity contribution in [1.29, 1.82) is 0 Å². The smallest absolute Gasteiger partial charge is 0.227 e. The highest BCUT2D eigenvalue weighted by Gasteiger charge is 2.53. The molecule has 1 aromatic rings. The zero-order chi connectivity index (χ0) is 12.8. The van der Waals surface area contributed by atoms with Crippen molar-refractivity contribution in [3.8, 4) is 0 Å². The minimum absolute atomic E-state index is 0.740. The number of rotatable bonds is 4. The molecule has 1 heterocycles. The molecule has 0 spiro atoms. The van der Waals surface area contributed by atoms with Crippen molar-refractivity contribution in [2.45, 2.75) is 51.5 Å². The van der Waals surface area contributed by atoms with Crippen molar-refractivity contribution in [2.75, 3.05) is 6.54 Å². The molecule has 4 nitrogen and oxygen atoms in total. The summed E-state index contributed by atoms with van der Waals surface area (Å²) >= 11 is 0. The maximum Gasteiger partial charge on any atom is 0.227 e. The predicted molar refractivity (Wildman–Crippen MR) is 71.6 cm³/mol. The molecule has 3 aliphatic carbocycles. The van der Waals surface area contributed by atoms with E-state index in [9.17, 15) is 0 Å². The first-order valence-electron chi connectivity index (χ1n) is 7.84. The van der Waals surface area contributed by atoms with Crippen LogP contribution in [0.1, 0.15) is 43.8 Å². The summed E-state index contributed by atoms with van der Waals surface area (Å²) in [4.78, 5) is 4.26. The number of aryl methyl sites for hydroxylation is 1. The van der Waals surface area contributed by atoms with Crippen molar-refractivity contribution in [3.05, 3.63) is 11.7 Å². The van der Waals surface area contributed by atoms with Crippen molar-refractivity contribution in [1.82, 2.24) is 15.5 Å². The molecular weight excluding hydrogens is 238 g/mol. The van der Waals surface area contributed by atoms with Crippen LogP contribution >= 0.6 is 0 Å². The molecule has 3 aliphatic rings. The molecule has 0 amide bonds. The average molecular weight is 261 g/mol. The van der Waals surface area contributed by atoms with Gasteiger partial charge in [-0.2, -0.15) is 4.98 Å². The fraction of sp³-hybridized carbons (Fsp3) is 0.867. The van der Waals surface area contributed by atoms with Gasteiger partial charge in [0.05, 0.1) is 0 Å². The van der Waals surface area contributed by atoms with E-state index in [0.717, 1.165) is 54.4 Å². The molecule has 19 heavy (non-hydrogen) atoms. The zero-order valence-electron chi connectivity index (χ0n) is 11.6. The molecule has 5 unspecified atom stereocenters. The van der Waals surface area contributed by atoms with E-state index >= 15 is 0 Å². The van der Waals surface area contributed by atoms with Crippen molar-refractivity contribution in [3.63, 3.8) is 0 Å². The molecule has 0 saturated heterocycles. The first-order valence-corrected chi connectivity index (χ1v) is 7.84. The van der Waals surface area contributed by atoms with Crippen molar-refractivity contribution in [2.24, 2.45) is 23.7 Å². The number of hydrogen-bond donors (Lipinski definition) is 1. The van der Waals surface area contributed by atoms with Crippen LogP contribution in [-0.2, 0) is 6.42 Å². The summed E-state index contributed by atoms with van der Waals surface area (Å²) in [5.74, 6) is 5.63. The molecule has 3 saturated carbocycles. The highest BCUT2D eigenvalue weighted by Crippen LogP contribution is 2.58. The van der Waals surface area contributed by atoms with Crippen LogP contribution < -0.4 is 5.32 Å². The second-order valence-corrected chi connectivity index (χ2v) is 6.70. The normalized spacial score (nSPS) is 39.9. The Bertz CT molecular complexity index is 458. The third-order valence-electron chi connectivity index (χ3n) is 5.74. The standard InChI is InChI=1S/C15H23N3O/c1-9-17-15(19-18-9)5-6-16-14-8-10-7-13(14)12-4-2-3-11(10)12/h10-14,16H,2-8H2,1H3. The van der Waals surface area contributed by atoms with E-state index in [1.807, 2.05) is 6.92 Å². The summed E-state index contributed by atoms with van der Waals surface area (Å²) in [6, 6.07) is 0.758. The third-order valence-corrected chi connectivity index (χ3v) is 5.74. The van der Waals surface area contributed by atoms with Gasteiger partial charge in [0.2, 0.25) is 5.89 Å². The van der Waals surface area contributed by atoms with Crippen LogP contribution in [0.2, 0.25) is 0 Å². The van der Waals surface area contributed by atoms with Crippen molar-refractivity contribution < 1.29 is 4.52 Å². The van der Waals surface area contributed by atoms with Crippen LogP contribution in [0, 0.1) is 30.6 Å². The molecule has 0 aliphatic heterocycles. The Hall–Kier alpha value is -0.900. The van der Waals surface area contributed by atoms with E-state index in [0.29, 0.717) is 0 Å². The number of nitrogens with one attached hydrogen (secondary N) is 1. The maximum absolute atomic E-state index is 5.16. The number of nitrogens with zero attached hydrogens (tertiary/aromatic N) is 2. The Morgan fingerprint density at radius 3 is 2.95 bits per heavy atom. The SMILES string of the molecule is Cc1noc(CCNC2CC3CC2C2CCCC32)n1. The third kappa shape index (κ3) is 2.00. The van der Waals surface area contributed by atoms with Gasteiger partial charge in [-0.05, 0) is 56.3 Å². The van der Waals surface area contributed by atoms with Gasteiger partial charge in [-0.3, -0.25) is 0 Å². The van der Waals surface area contributed by atoms with Crippen LogP contribution in [0.5, 0.6) is 0 Å². The lowest BCUT2D eigenvalue weighted by Crippen LogP contribution is -2.40. The van der Waals surface area contributed by atoms with E-state index in [2.05, 4.69) is 15.5 Å². The minimum Gasteiger partial charge on any atom is -0.339 e. The van der Waals surface area contributed by atoms with E-state index in [1.165, 1.54) is 32.1 Å². The van der Waals surface area contributed by atoms with Gasteiger partial charge in [-0.15, -0.1) is 0 Å². The lowest BCUT2D eigenvalue weighted by molar-refractivity contribution is 0.208. The molecule has 3 fully saturated rings. The highest BCUT2D eigenvalue weighted by molar-refractivity contribution is 5.05. The molecule has 4 rings (SSSR count). The monoisotopic (exact) mass is 261 g/mol. The second kappa shape index (κ2) is 4.58. The van der Waals surface area contributed by atoms with E-state index in [4.69, 9.17) is 4.52 Å². The molecule has 4 heteroatoms.